The van der Waals surface area contributed by atoms with Crippen molar-refractivity contribution in [2.45, 2.75) is 108 Å². The van der Waals surface area contributed by atoms with Gasteiger partial charge in [-0.15, -0.1) is 0 Å². The molecule has 4 heterocycles. The van der Waals surface area contributed by atoms with Gasteiger partial charge in [0, 0.05) is 86.6 Å². The van der Waals surface area contributed by atoms with E-state index in [-0.39, 0.29) is 22.6 Å². The fraction of sp³-hybridized carbons (Fsp3) is 0.455. The summed E-state index contributed by atoms with van der Waals surface area (Å²) in [4.78, 5) is 38.0. The van der Waals surface area contributed by atoms with Crippen molar-refractivity contribution in [2.75, 3.05) is 33.5 Å². The van der Waals surface area contributed by atoms with Gasteiger partial charge in [-0.05, 0) is 126 Å². The third kappa shape index (κ3) is 9.78. The highest BCUT2D eigenvalue weighted by atomic mass is 16.2. The zero-order chi connectivity index (χ0) is 37.8. The molecule has 0 fully saturated rings. The molecule has 2 aliphatic heterocycles. The van der Waals surface area contributed by atoms with Gasteiger partial charge in [0.05, 0.1) is 0 Å². The largest absolute Gasteiger partial charge is 0.367 e. The summed E-state index contributed by atoms with van der Waals surface area (Å²) in [5.74, 6) is 0.184. The second kappa shape index (κ2) is 15.9. The average Bonchev–Trinajstić information content (AvgIpc) is 3.64. The number of hydrogen-bond donors (Lipinski definition) is 2. The Kier molecular flexibility index (Phi) is 11.8. The van der Waals surface area contributed by atoms with Crippen LogP contribution in [-0.4, -0.2) is 34.9 Å². The van der Waals surface area contributed by atoms with Crippen LogP contribution in [0.15, 0.2) is 61.2 Å². The number of pyridine rings is 2. The number of carbonyl (C=O) groups excluding carboxylic acids is 2. The van der Waals surface area contributed by atoms with Crippen molar-refractivity contribution < 1.29 is 9.59 Å². The standard InChI is InChI=1S/2C22H29N3O/c1-15-12-19-18(8-11-25(19)14-17-6-9-23-10-7-17)16(2)21(15)24-20(26)13-22(3,4)5;1-15-11-19-18(8-10-25(19)14-17-7-6-9-23-13-17)16(2)21(15)24-20(26)12-22(3,4)5/h6-7,9-10,12H,8,11,13-14H2,1-5H3,(H,24,26);6-7,9,11,13H,8,10,12,14H2,1-5H3,(H,24,26). The van der Waals surface area contributed by atoms with Crippen LogP contribution < -0.4 is 20.4 Å². The third-order valence-corrected chi connectivity index (χ3v) is 9.84. The molecule has 0 unspecified atom stereocenters. The van der Waals surface area contributed by atoms with Crippen molar-refractivity contribution in [3.05, 3.63) is 106 Å². The van der Waals surface area contributed by atoms with E-state index < -0.39 is 0 Å². The van der Waals surface area contributed by atoms with Crippen molar-refractivity contribution in [3.8, 4) is 0 Å². The number of fused-ring (bicyclic) bond motifs is 2. The minimum Gasteiger partial charge on any atom is -0.367 e. The summed E-state index contributed by atoms with van der Waals surface area (Å²) in [6, 6.07) is 12.7. The van der Waals surface area contributed by atoms with Gasteiger partial charge in [0.25, 0.3) is 0 Å². The van der Waals surface area contributed by atoms with Gasteiger partial charge < -0.3 is 20.4 Å². The zero-order valence-electron chi connectivity index (χ0n) is 33.0. The molecule has 0 saturated heterocycles. The Bertz CT molecular complexity index is 1750. The fourth-order valence-corrected chi connectivity index (χ4v) is 7.40. The lowest BCUT2D eigenvalue weighted by atomic mass is 9.91. The molecule has 2 amide bonds. The van der Waals surface area contributed by atoms with E-state index in [0.29, 0.717) is 12.8 Å². The highest BCUT2D eigenvalue weighted by Crippen LogP contribution is 2.39. The summed E-state index contributed by atoms with van der Waals surface area (Å²) < 4.78 is 0. The maximum Gasteiger partial charge on any atom is 0.224 e. The highest BCUT2D eigenvalue weighted by molar-refractivity contribution is 5.94. The van der Waals surface area contributed by atoms with Crippen molar-refractivity contribution in [1.82, 2.24) is 9.97 Å². The monoisotopic (exact) mass is 702 g/mol. The molecule has 0 radical (unpaired) electrons. The quantitative estimate of drug-likeness (QED) is 0.190. The Labute approximate surface area is 311 Å². The predicted molar refractivity (Wildman–Crippen MR) is 215 cm³/mol. The number of aryl methyl sites for hydroxylation is 2. The van der Waals surface area contributed by atoms with E-state index in [4.69, 9.17) is 0 Å². The first-order valence-electron chi connectivity index (χ1n) is 18.6. The molecule has 0 atom stereocenters. The van der Waals surface area contributed by atoms with Crippen molar-refractivity contribution in [1.29, 1.82) is 0 Å². The fourth-order valence-electron chi connectivity index (χ4n) is 7.40. The number of rotatable bonds is 8. The molecule has 4 aromatic rings. The third-order valence-electron chi connectivity index (χ3n) is 9.84. The summed E-state index contributed by atoms with van der Waals surface area (Å²) in [5, 5.41) is 6.33. The molecule has 6 rings (SSSR count). The lowest BCUT2D eigenvalue weighted by molar-refractivity contribution is -0.118. The Morgan fingerprint density at radius 1 is 0.654 bits per heavy atom. The van der Waals surface area contributed by atoms with E-state index in [1.165, 1.54) is 44.8 Å². The van der Waals surface area contributed by atoms with Crippen molar-refractivity contribution in [2.24, 2.45) is 10.8 Å². The van der Waals surface area contributed by atoms with Crippen LogP contribution in [-0.2, 0) is 35.5 Å². The van der Waals surface area contributed by atoms with Crippen LogP contribution >= 0.6 is 0 Å². The Hall–Kier alpha value is -4.72. The van der Waals surface area contributed by atoms with E-state index in [1.54, 1.807) is 0 Å². The lowest BCUT2D eigenvalue weighted by Gasteiger charge is -2.23. The van der Waals surface area contributed by atoms with E-state index in [1.807, 2.05) is 30.9 Å². The molecule has 276 valence electrons. The summed E-state index contributed by atoms with van der Waals surface area (Å²) in [6.07, 6.45) is 10.5. The normalized spacial score (nSPS) is 13.7. The molecule has 2 N–H and O–H groups in total. The van der Waals surface area contributed by atoms with Crippen LogP contribution in [0.3, 0.4) is 0 Å². The van der Waals surface area contributed by atoms with E-state index in [2.05, 4.69) is 130 Å². The molecule has 0 bridgehead atoms. The zero-order valence-corrected chi connectivity index (χ0v) is 33.0. The lowest BCUT2D eigenvalue weighted by Crippen LogP contribution is -2.21. The van der Waals surface area contributed by atoms with E-state index in [9.17, 15) is 9.59 Å². The van der Waals surface area contributed by atoms with Crippen LogP contribution in [0.2, 0.25) is 0 Å². The number of nitrogens with one attached hydrogen (secondary N) is 2. The van der Waals surface area contributed by atoms with Gasteiger partial charge in [0.1, 0.15) is 0 Å². The minimum absolute atomic E-state index is 0.00996. The smallest absolute Gasteiger partial charge is 0.224 e. The average molecular weight is 703 g/mol. The second-order valence-corrected chi connectivity index (χ2v) is 17.0. The van der Waals surface area contributed by atoms with Crippen molar-refractivity contribution >= 4 is 34.6 Å². The Balaban J connectivity index is 0.000000201. The highest BCUT2D eigenvalue weighted by Gasteiger charge is 2.27. The van der Waals surface area contributed by atoms with Crippen molar-refractivity contribution in [3.63, 3.8) is 0 Å². The molecular weight excluding hydrogens is 645 g/mol. The number of amides is 2. The van der Waals surface area contributed by atoms with E-state index in [0.717, 1.165) is 61.5 Å². The van der Waals surface area contributed by atoms with Crippen LogP contribution in [0.5, 0.6) is 0 Å². The molecule has 2 aromatic heterocycles. The molecule has 8 heteroatoms. The van der Waals surface area contributed by atoms with Crippen LogP contribution in [0.25, 0.3) is 0 Å². The number of hydrogen-bond acceptors (Lipinski definition) is 6. The molecule has 0 saturated carbocycles. The van der Waals surface area contributed by atoms with Gasteiger partial charge in [-0.1, -0.05) is 47.6 Å². The topological polar surface area (TPSA) is 90.5 Å². The van der Waals surface area contributed by atoms with Gasteiger partial charge in [0.15, 0.2) is 0 Å². The molecule has 0 spiro atoms. The molecule has 2 aliphatic rings. The Morgan fingerprint density at radius 2 is 1.12 bits per heavy atom. The maximum atomic E-state index is 12.4. The number of benzene rings is 2. The van der Waals surface area contributed by atoms with Gasteiger partial charge in [0.2, 0.25) is 11.8 Å². The number of nitrogens with zero attached hydrogens (tertiary/aromatic N) is 4. The van der Waals surface area contributed by atoms with Gasteiger partial charge in [-0.2, -0.15) is 0 Å². The molecule has 8 nitrogen and oxygen atoms in total. The number of anilines is 4. The SMILES string of the molecule is Cc1cc2c(c(C)c1NC(=O)CC(C)(C)C)CCN2Cc1cccnc1.Cc1cc2c(c(C)c1NC(=O)CC(C)(C)C)CCN2Cc1ccncc1. The number of carbonyl (C=O) groups is 2. The van der Waals surface area contributed by atoms with Gasteiger partial charge in [-0.3, -0.25) is 19.6 Å². The maximum absolute atomic E-state index is 12.4. The predicted octanol–water partition coefficient (Wildman–Crippen LogP) is 9.27. The molecule has 52 heavy (non-hydrogen) atoms. The first kappa shape index (κ1) is 38.5. The van der Waals surface area contributed by atoms with Gasteiger partial charge in [-0.25, -0.2) is 0 Å². The summed E-state index contributed by atoms with van der Waals surface area (Å²) in [6.45, 7) is 24.7. The first-order chi connectivity index (χ1) is 24.5. The van der Waals surface area contributed by atoms with Crippen LogP contribution in [0.1, 0.15) is 98.9 Å². The molecule has 0 aliphatic carbocycles. The van der Waals surface area contributed by atoms with Crippen LogP contribution in [0.4, 0.5) is 22.7 Å². The molecule has 2 aromatic carbocycles. The first-order valence-corrected chi connectivity index (χ1v) is 18.6. The molecular formula is C44H58N6O2. The summed E-state index contributed by atoms with van der Waals surface area (Å²) in [5.41, 5.74) is 14.4. The van der Waals surface area contributed by atoms with Gasteiger partial charge >= 0.3 is 0 Å². The summed E-state index contributed by atoms with van der Waals surface area (Å²) in [7, 11) is 0. The summed E-state index contributed by atoms with van der Waals surface area (Å²) >= 11 is 0. The number of aromatic nitrogens is 2. The second-order valence-electron chi connectivity index (χ2n) is 17.0. The minimum atomic E-state index is -0.0108. The van der Waals surface area contributed by atoms with Crippen LogP contribution in [0, 0.1) is 38.5 Å². The Morgan fingerprint density at radius 3 is 1.54 bits per heavy atom. The van der Waals surface area contributed by atoms with E-state index >= 15 is 0 Å².